The minimum Gasteiger partial charge on any atom is -0.481 e. The van der Waals surface area contributed by atoms with Crippen LogP contribution in [-0.4, -0.2) is 16.9 Å². The number of hydrogen-bond donors (Lipinski definition) is 0. The van der Waals surface area contributed by atoms with Gasteiger partial charge in [-0.25, -0.2) is 4.68 Å². The molecule has 0 amide bonds. The Morgan fingerprint density at radius 2 is 2.31 bits per heavy atom. The molecule has 4 heteroatoms. The Labute approximate surface area is 77.0 Å². The Kier molecular flexibility index (Phi) is 2.70. The summed E-state index contributed by atoms with van der Waals surface area (Å²) in [5.41, 5.74) is 1.71. The first-order valence-corrected chi connectivity index (χ1v) is 3.84. The molecule has 0 spiro atoms. The zero-order valence-electron chi connectivity index (χ0n) is 7.90. The predicted octanol–water partition coefficient (Wildman–Crippen LogP) is 1.27. The van der Waals surface area contributed by atoms with Crippen LogP contribution < -0.4 is 4.74 Å². The Morgan fingerprint density at radius 3 is 2.85 bits per heavy atom. The lowest BCUT2D eigenvalue weighted by Gasteiger charge is -1.99. The van der Waals surface area contributed by atoms with Gasteiger partial charge >= 0.3 is 0 Å². The van der Waals surface area contributed by atoms with Crippen molar-refractivity contribution < 1.29 is 4.74 Å². The van der Waals surface area contributed by atoms with Gasteiger partial charge in [-0.3, -0.25) is 0 Å². The topological polar surface area (TPSA) is 50.8 Å². The van der Waals surface area contributed by atoms with Gasteiger partial charge in [0.05, 0.1) is 24.4 Å². The molecule has 13 heavy (non-hydrogen) atoms. The van der Waals surface area contributed by atoms with Crippen molar-refractivity contribution >= 4 is 6.08 Å². The second-order valence-corrected chi connectivity index (χ2v) is 2.59. The number of methoxy groups -OCH3 is 1. The second-order valence-electron chi connectivity index (χ2n) is 2.59. The molecular formula is C9H11N3O. The first-order valence-electron chi connectivity index (χ1n) is 3.84. The molecule has 0 N–H and O–H groups in total. The zero-order valence-corrected chi connectivity index (χ0v) is 7.90. The van der Waals surface area contributed by atoms with Gasteiger partial charge in [0.15, 0.2) is 0 Å². The fraction of sp³-hybridized carbons (Fsp3) is 0.333. The summed E-state index contributed by atoms with van der Waals surface area (Å²) in [6.07, 6.45) is 3.10. The third-order valence-corrected chi connectivity index (χ3v) is 1.73. The molecule has 0 aliphatic rings. The highest BCUT2D eigenvalue weighted by Gasteiger charge is 2.09. The van der Waals surface area contributed by atoms with Gasteiger partial charge in [-0.05, 0) is 13.0 Å². The van der Waals surface area contributed by atoms with Crippen LogP contribution in [0.3, 0.4) is 0 Å². The lowest BCUT2D eigenvalue weighted by atomic mass is 10.2. The SMILES string of the molecule is COc1c(/C=C/C#N)c(C)nn1C. The molecule has 1 aromatic rings. The summed E-state index contributed by atoms with van der Waals surface area (Å²) in [7, 11) is 3.38. The average Bonchev–Trinajstić information content (AvgIpc) is 2.37. The third-order valence-electron chi connectivity index (χ3n) is 1.73. The molecule has 0 atom stereocenters. The van der Waals surface area contributed by atoms with Gasteiger partial charge in [0, 0.05) is 13.1 Å². The summed E-state index contributed by atoms with van der Waals surface area (Å²) in [5, 5.41) is 12.5. The highest BCUT2D eigenvalue weighted by molar-refractivity contribution is 5.59. The van der Waals surface area contributed by atoms with E-state index < -0.39 is 0 Å². The van der Waals surface area contributed by atoms with Crippen molar-refractivity contribution in [2.45, 2.75) is 6.92 Å². The molecule has 0 aromatic carbocycles. The van der Waals surface area contributed by atoms with E-state index in [0.29, 0.717) is 5.88 Å². The Morgan fingerprint density at radius 1 is 1.62 bits per heavy atom. The number of ether oxygens (including phenoxy) is 1. The average molecular weight is 177 g/mol. The summed E-state index contributed by atoms with van der Waals surface area (Å²) < 4.78 is 6.78. The van der Waals surface area contributed by atoms with Crippen molar-refractivity contribution in [3.63, 3.8) is 0 Å². The fourth-order valence-electron chi connectivity index (χ4n) is 1.21. The van der Waals surface area contributed by atoms with Crippen LogP contribution in [0, 0.1) is 18.3 Å². The Hall–Kier alpha value is -1.76. The molecule has 4 nitrogen and oxygen atoms in total. The van der Waals surface area contributed by atoms with E-state index in [1.807, 2.05) is 13.0 Å². The molecule has 0 unspecified atom stereocenters. The molecule has 68 valence electrons. The van der Waals surface area contributed by atoms with E-state index in [4.69, 9.17) is 10.00 Å². The van der Waals surface area contributed by atoms with Crippen molar-refractivity contribution in [3.05, 3.63) is 17.3 Å². The minimum absolute atomic E-state index is 0.670. The van der Waals surface area contributed by atoms with Crippen LogP contribution in [0.1, 0.15) is 11.3 Å². The maximum atomic E-state index is 8.38. The Balaban J connectivity index is 3.18. The normalized spacial score (nSPS) is 10.3. The molecule has 0 saturated heterocycles. The van der Waals surface area contributed by atoms with Gasteiger partial charge in [0.25, 0.3) is 0 Å². The summed E-state index contributed by atoms with van der Waals surface area (Å²) in [6, 6.07) is 1.93. The van der Waals surface area contributed by atoms with Crippen LogP contribution in [-0.2, 0) is 7.05 Å². The smallest absolute Gasteiger partial charge is 0.218 e. The molecule has 1 aromatic heterocycles. The van der Waals surface area contributed by atoms with Crippen molar-refractivity contribution in [1.82, 2.24) is 9.78 Å². The zero-order chi connectivity index (χ0) is 9.84. The van der Waals surface area contributed by atoms with Crippen molar-refractivity contribution in [2.75, 3.05) is 7.11 Å². The van der Waals surface area contributed by atoms with Crippen LogP contribution in [0.4, 0.5) is 0 Å². The van der Waals surface area contributed by atoms with Crippen LogP contribution in [0.2, 0.25) is 0 Å². The van der Waals surface area contributed by atoms with Crippen molar-refractivity contribution in [1.29, 1.82) is 5.26 Å². The molecule has 1 rings (SSSR count). The first kappa shape index (κ1) is 9.33. The number of nitriles is 1. The van der Waals surface area contributed by atoms with Gasteiger partial charge in [-0.15, -0.1) is 0 Å². The van der Waals surface area contributed by atoms with Crippen LogP contribution in [0.25, 0.3) is 6.08 Å². The summed E-state index contributed by atoms with van der Waals surface area (Å²) >= 11 is 0. The largest absolute Gasteiger partial charge is 0.481 e. The van der Waals surface area contributed by atoms with E-state index in [-0.39, 0.29) is 0 Å². The molecular weight excluding hydrogens is 166 g/mol. The van der Waals surface area contributed by atoms with Gasteiger partial charge in [0.2, 0.25) is 5.88 Å². The summed E-state index contributed by atoms with van der Waals surface area (Å²) in [4.78, 5) is 0. The highest BCUT2D eigenvalue weighted by atomic mass is 16.5. The number of aryl methyl sites for hydroxylation is 2. The molecule has 1 heterocycles. The van der Waals surface area contributed by atoms with E-state index in [9.17, 15) is 0 Å². The minimum atomic E-state index is 0.670. The number of aromatic nitrogens is 2. The third kappa shape index (κ3) is 1.70. The van der Waals surface area contributed by atoms with Gasteiger partial charge < -0.3 is 4.74 Å². The van der Waals surface area contributed by atoms with Gasteiger partial charge in [-0.2, -0.15) is 10.4 Å². The quantitative estimate of drug-likeness (QED) is 0.639. The van der Waals surface area contributed by atoms with Gasteiger partial charge in [-0.1, -0.05) is 0 Å². The Bertz CT molecular complexity index is 371. The van der Waals surface area contributed by atoms with Gasteiger partial charge in [0.1, 0.15) is 0 Å². The fourth-order valence-corrected chi connectivity index (χ4v) is 1.21. The van der Waals surface area contributed by atoms with Crippen LogP contribution in [0.5, 0.6) is 5.88 Å². The van der Waals surface area contributed by atoms with E-state index >= 15 is 0 Å². The number of hydrogen-bond acceptors (Lipinski definition) is 3. The van der Waals surface area contributed by atoms with E-state index in [0.717, 1.165) is 11.3 Å². The monoisotopic (exact) mass is 177 g/mol. The van der Waals surface area contributed by atoms with Crippen molar-refractivity contribution in [3.8, 4) is 11.9 Å². The number of allylic oxidation sites excluding steroid dienone is 1. The molecule has 0 saturated carbocycles. The first-order chi connectivity index (χ1) is 6.20. The number of nitrogens with zero attached hydrogens (tertiary/aromatic N) is 3. The maximum absolute atomic E-state index is 8.38. The van der Waals surface area contributed by atoms with Crippen LogP contribution >= 0.6 is 0 Å². The molecule has 0 radical (unpaired) electrons. The van der Waals surface area contributed by atoms with Crippen LogP contribution in [0.15, 0.2) is 6.08 Å². The lowest BCUT2D eigenvalue weighted by molar-refractivity contribution is 0.372. The van der Waals surface area contributed by atoms with E-state index in [1.54, 1.807) is 24.9 Å². The standard InChI is InChI=1S/C9H11N3O/c1-7-8(5-4-6-10)9(13-3)12(2)11-7/h4-5H,1-3H3/b5-4+. The predicted molar refractivity (Wildman–Crippen MR) is 49.1 cm³/mol. The summed E-state index contributed by atoms with van der Waals surface area (Å²) in [6.45, 7) is 1.87. The molecule has 0 aliphatic heterocycles. The lowest BCUT2D eigenvalue weighted by Crippen LogP contribution is -1.95. The van der Waals surface area contributed by atoms with E-state index in [2.05, 4.69) is 5.10 Å². The van der Waals surface area contributed by atoms with Crippen molar-refractivity contribution in [2.24, 2.45) is 7.05 Å². The molecule has 0 bridgehead atoms. The highest BCUT2D eigenvalue weighted by Crippen LogP contribution is 2.21. The maximum Gasteiger partial charge on any atom is 0.218 e. The molecule has 0 fully saturated rings. The second kappa shape index (κ2) is 3.76. The molecule has 0 aliphatic carbocycles. The number of rotatable bonds is 2. The summed E-state index contributed by atoms with van der Waals surface area (Å²) in [5.74, 6) is 0.670. The van der Waals surface area contributed by atoms with E-state index in [1.165, 1.54) is 6.08 Å².